The van der Waals surface area contributed by atoms with Gasteiger partial charge in [-0.05, 0) is 27.2 Å². The van der Waals surface area contributed by atoms with E-state index in [4.69, 9.17) is 13.3 Å². The summed E-state index contributed by atoms with van der Waals surface area (Å²) >= 11 is 0. The molecule has 0 unspecified atom stereocenters. The minimum Gasteiger partial charge on any atom is -0.374 e. The first kappa shape index (κ1) is 21.3. The highest BCUT2D eigenvalue weighted by atomic mass is 28.4. The Labute approximate surface area is 135 Å². The van der Waals surface area contributed by atoms with E-state index in [0.717, 1.165) is 6.04 Å². The summed E-state index contributed by atoms with van der Waals surface area (Å²) in [5.41, 5.74) is 0. The molecule has 0 aliphatic carbocycles. The molecule has 0 fully saturated rings. The van der Waals surface area contributed by atoms with Crippen LogP contribution in [-0.4, -0.2) is 36.7 Å². The van der Waals surface area contributed by atoms with Crippen molar-refractivity contribution in [3.63, 3.8) is 0 Å². The minimum atomic E-state index is -2.41. The summed E-state index contributed by atoms with van der Waals surface area (Å²) in [6.07, 6.45) is 2.49. The molecule has 0 saturated carbocycles. The van der Waals surface area contributed by atoms with Crippen LogP contribution in [0.5, 0.6) is 0 Å². The molecule has 0 saturated heterocycles. The minimum absolute atomic E-state index is 0.684. The molecule has 21 heavy (non-hydrogen) atoms. The van der Waals surface area contributed by atoms with Crippen LogP contribution in [0.3, 0.4) is 0 Å². The first-order valence-electron chi connectivity index (χ1n) is 8.99. The highest BCUT2D eigenvalue weighted by Gasteiger charge is 2.39. The maximum Gasteiger partial charge on any atom is 0.500 e. The third kappa shape index (κ3) is 7.41. The Bertz CT molecular complexity index is 220. The van der Waals surface area contributed by atoms with Gasteiger partial charge in [-0.1, -0.05) is 51.4 Å². The summed E-state index contributed by atoms with van der Waals surface area (Å²) in [5.74, 6) is 0. The maximum atomic E-state index is 5.93. The highest BCUT2D eigenvalue weighted by Crippen LogP contribution is 2.29. The smallest absolute Gasteiger partial charge is 0.374 e. The average molecular weight is 335 g/mol. The summed E-state index contributed by atoms with van der Waals surface area (Å²) < 4.78 is 17.8. The number of hydrogen-bond acceptors (Lipinski definition) is 3. The maximum absolute atomic E-state index is 5.93. The molecule has 128 valence electrons. The third-order valence-corrected chi connectivity index (χ3v) is 13.8. The monoisotopic (exact) mass is 334 g/mol. The van der Waals surface area contributed by atoms with Gasteiger partial charge in [-0.15, -0.1) is 0 Å². The fraction of sp³-hybridized carbons (Fsp3) is 1.00. The molecule has 0 spiro atoms. The van der Waals surface area contributed by atoms with Crippen LogP contribution in [0.4, 0.5) is 0 Å². The van der Waals surface area contributed by atoms with Crippen molar-refractivity contribution in [1.82, 2.24) is 0 Å². The molecule has 0 aromatic rings. The van der Waals surface area contributed by atoms with E-state index in [9.17, 15) is 0 Å². The zero-order valence-corrected chi connectivity index (χ0v) is 17.3. The first-order valence-corrected chi connectivity index (χ1v) is 13.7. The van der Waals surface area contributed by atoms with Crippen LogP contribution in [0.25, 0.3) is 0 Å². The van der Waals surface area contributed by atoms with Crippen molar-refractivity contribution in [3.8, 4) is 0 Å². The van der Waals surface area contributed by atoms with E-state index in [0.29, 0.717) is 19.8 Å². The quantitative estimate of drug-likeness (QED) is 0.318. The highest BCUT2D eigenvalue weighted by molar-refractivity contribution is 6.79. The molecule has 0 aliphatic rings. The van der Waals surface area contributed by atoms with Crippen LogP contribution in [-0.2, 0) is 13.3 Å². The summed E-state index contributed by atoms with van der Waals surface area (Å²) in [4.78, 5) is 0. The van der Waals surface area contributed by atoms with E-state index in [1.165, 1.54) is 37.0 Å². The lowest BCUT2D eigenvalue weighted by Gasteiger charge is -2.30. The molecule has 0 heterocycles. The molecule has 0 radical (unpaired) electrons. The molecule has 0 aliphatic heterocycles. The van der Waals surface area contributed by atoms with Crippen molar-refractivity contribution in [1.29, 1.82) is 0 Å². The van der Waals surface area contributed by atoms with Gasteiger partial charge in [0.05, 0.1) is 8.07 Å². The number of unbranched alkanes of at least 4 members (excludes halogenated alkanes) is 1. The standard InChI is InChI=1S/C16H38O3Si2/c1-7-17-21(18-8-2,19-9-3)16-14-13-15-20(10-4,11-5)12-6/h7-16H2,1-6H3. The fourth-order valence-corrected chi connectivity index (χ4v) is 9.37. The van der Waals surface area contributed by atoms with E-state index < -0.39 is 16.9 Å². The molecule has 5 heteroatoms. The van der Waals surface area contributed by atoms with Crippen LogP contribution in [0.15, 0.2) is 0 Å². The average Bonchev–Trinajstić information content (AvgIpc) is 2.49. The summed E-state index contributed by atoms with van der Waals surface area (Å²) in [6.45, 7) is 15.3. The predicted molar refractivity (Wildman–Crippen MR) is 96.7 cm³/mol. The van der Waals surface area contributed by atoms with Crippen LogP contribution in [0.2, 0.25) is 30.2 Å². The van der Waals surface area contributed by atoms with E-state index in [1.807, 2.05) is 20.8 Å². The Kier molecular flexibility index (Phi) is 12.0. The predicted octanol–water partition coefficient (Wildman–Crippen LogP) is 5.32. The van der Waals surface area contributed by atoms with Crippen LogP contribution < -0.4 is 0 Å². The summed E-state index contributed by atoms with van der Waals surface area (Å²) in [5, 5.41) is 0. The van der Waals surface area contributed by atoms with Gasteiger partial charge in [0.25, 0.3) is 0 Å². The molecule has 0 rings (SSSR count). The lowest BCUT2D eigenvalue weighted by molar-refractivity contribution is 0.0707. The van der Waals surface area contributed by atoms with Gasteiger partial charge in [0.1, 0.15) is 0 Å². The second-order valence-electron chi connectivity index (χ2n) is 5.75. The fourth-order valence-electron chi connectivity index (χ4n) is 3.12. The van der Waals surface area contributed by atoms with Gasteiger partial charge < -0.3 is 13.3 Å². The van der Waals surface area contributed by atoms with Gasteiger partial charge >= 0.3 is 8.80 Å². The zero-order chi connectivity index (χ0) is 16.2. The summed E-state index contributed by atoms with van der Waals surface area (Å²) in [7, 11) is -3.38. The van der Waals surface area contributed by atoms with Gasteiger partial charge in [0, 0.05) is 25.9 Å². The largest absolute Gasteiger partial charge is 0.500 e. The van der Waals surface area contributed by atoms with Gasteiger partial charge in [-0.2, -0.15) is 0 Å². The van der Waals surface area contributed by atoms with E-state index in [2.05, 4.69) is 20.8 Å². The second-order valence-corrected chi connectivity index (χ2v) is 14.1. The Hall–Kier alpha value is 0.314. The van der Waals surface area contributed by atoms with Crippen molar-refractivity contribution >= 4 is 16.9 Å². The Morgan fingerprint density at radius 2 is 0.952 bits per heavy atom. The summed E-state index contributed by atoms with van der Waals surface area (Å²) in [6, 6.07) is 6.69. The van der Waals surface area contributed by atoms with Gasteiger partial charge in [-0.3, -0.25) is 0 Å². The lowest BCUT2D eigenvalue weighted by Crippen LogP contribution is -2.46. The molecule has 0 amide bonds. The lowest BCUT2D eigenvalue weighted by atomic mass is 10.4. The first-order chi connectivity index (χ1) is 10.1. The number of rotatable bonds is 14. The van der Waals surface area contributed by atoms with Gasteiger partial charge in [0.2, 0.25) is 0 Å². The Balaban J connectivity index is 4.41. The van der Waals surface area contributed by atoms with Crippen molar-refractivity contribution in [2.75, 3.05) is 19.8 Å². The molecule has 0 atom stereocenters. The molecule has 0 bridgehead atoms. The Morgan fingerprint density at radius 1 is 0.571 bits per heavy atom. The Morgan fingerprint density at radius 3 is 1.29 bits per heavy atom. The number of hydrogen-bond donors (Lipinski definition) is 0. The zero-order valence-electron chi connectivity index (χ0n) is 15.3. The van der Waals surface area contributed by atoms with E-state index in [1.54, 1.807) is 0 Å². The van der Waals surface area contributed by atoms with Gasteiger partial charge in [-0.25, -0.2) is 0 Å². The second kappa shape index (κ2) is 11.8. The molecular weight excluding hydrogens is 296 g/mol. The topological polar surface area (TPSA) is 27.7 Å². The van der Waals surface area contributed by atoms with Crippen molar-refractivity contribution in [2.24, 2.45) is 0 Å². The van der Waals surface area contributed by atoms with Crippen LogP contribution in [0.1, 0.15) is 54.4 Å². The SMILES string of the molecule is CCO[Si](CCCC[Si](CC)(CC)CC)(OCC)OCC. The van der Waals surface area contributed by atoms with Crippen LogP contribution in [0, 0.1) is 0 Å². The van der Waals surface area contributed by atoms with E-state index >= 15 is 0 Å². The van der Waals surface area contributed by atoms with Crippen molar-refractivity contribution in [3.05, 3.63) is 0 Å². The molecule has 3 nitrogen and oxygen atoms in total. The third-order valence-electron chi connectivity index (χ3n) is 4.78. The van der Waals surface area contributed by atoms with Gasteiger partial charge in [0.15, 0.2) is 0 Å². The molecule has 0 aromatic carbocycles. The van der Waals surface area contributed by atoms with E-state index in [-0.39, 0.29) is 0 Å². The molecule has 0 N–H and O–H groups in total. The van der Waals surface area contributed by atoms with Crippen molar-refractivity contribution in [2.45, 2.75) is 84.6 Å². The normalized spacial score (nSPS) is 12.9. The molecule has 0 aromatic heterocycles. The van der Waals surface area contributed by atoms with Crippen LogP contribution >= 0.6 is 0 Å². The molecular formula is C16H38O3Si2. The van der Waals surface area contributed by atoms with Crippen molar-refractivity contribution < 1.29 is 13.3 Å².